The summed E-state index contributed by atoms with van der Waals surface area (Å²) >= 11 is 3.57. The molecule has 1 aromatic carbocycles. The highest BCUT2D eigenvalue weighted by atomic mass is 79.9. The second kappa shape index (κ2) is 7.00. The Morgan fingerprint density at radius 2 is 1.90 bits per heavy atom. The summed E-state index contributed by atoms with van der Waals surface area (Å²) in [7, 11) is 0. The molecule has 2 rings (SSSR count). The number of hydrogen-bond donors (Lipinski definition) is 1. The monoisotopic (exact) mass is 349 g/mol. The van der Waals surface area contributed by atoms with E-state index in [0.29, 0.717) is 12.4 Å². The number of nitrogens with zero attached hydrogens (tertiary/aromatic N) is 2. The summed E-state index contributed by atoms with van der Waals surface area (Å²) in [5.41, 5.74) is 1.24. The van der Waals surface area contributed by atoms with Crippen LogP contribution >= 0.6 is 15.9 Å². The fourth-order valence-electron chi connectivity index (χ4n) is 1.69. The number of benzene rings is 1. The third-order valence-corrected chi connectivity index (χ3v) is 3.59. The van der Waals surface area contributed by atoms with E-state index in [-0.39, 0.29) is 5.54 Å². The summed E-state index contributed by atoms with van der Waals surface area (Å²) in [5.74, 6) is 1.49. The topological polar surface area (TPSA) is 47.0 Å². The van der Waals surface area contributed by atoms with Gasteiger partial charge in [-0.1, -0.05) is 15.9 Å². The molecule has 0 saturated heterocycles. The van der Waals surface area contributed by atoms with Gasteiger partial charge >= 0.3 is 0 Å². The maximum absolute atomic E-state index is 5.75. The van der Waals surface area contributed by atoms with E-state index in [1.54, 1.807) is 18.5 Å². The number of ether oxygens (including phenoxy) is 1. The lowest BCUT2D eigenvalue weighted by Gasteiger charge is -2.21. The van der Waals surface area contributed by atoms with E-state index >= 15 is 0 Å². The van der Waals surface area contributed by atoms with E-state index in [4.69, 9.17) is 4.74 Å². The van der Waals surface area contributed by atoms with Crippen LogP contribution in [0.1, 0.15) is 32.2 Å². The van der Waals surface area contributed by atoms with Gasteiger partial charge in [0.15, 0.2) is 5.82 Å². The lowest BCUT2D eigenvalue weighted by atomic mass is 10.1. The molecule has 2 aromatic rings. The van der Waals surface area contributed by atoms with Crippen molar-refractivity contribution in [1.29, 1.82) is 0 Å². The van der Waals surface area contributed by atoms with Crippen molar-refractivity contribution >= 4 is 15.9 Å². The lowest BCUT2D eigenvalue weighted by Crippen LogP contribution is -2.35. The Bertz CT molecular complexity index is 582. The molecule has 5 heteroatoms. The van der Waals surface area contributed by atoms with Crippen molar-refractivity contribution in [2.24, 2.45) is 0 Å². The number of aromatic nitrogens is 2. The fraction of sp³-hybridized carbons (Fsp3) is 0.375. The number of rotatable bonds is 5. The quantitative estimate of drug-likeness (QED) is 0.893. The molecule has 0 aliphatic carbocycles. The van der Waals surface area contributed by atoms with Gasteiger partial charge in [0.25, 0.3) is 0 Å². The van der Waals surface area contributed by atoms with Gasteiger partial charge in [-0.3, -0.25) is 0 Å². The molecule has 1 N–H and O–H groups in total. The van der Waals surface area contributed by atoms with Crippen LogP contribution in [0.15, 0.2) is 41.1 Å². The van der Waals surface area contributed by atoms with Crippen LogP contribution in [0.2, 0.25) is 0 Å². The van der Waals surface area contributed by atoms with Crippen molar-refractivity contribution in [1.82, 2.24) is 15.3 Å². The average molecular weight is 350 g/mol. The van der Waals surface area contributed by atoms with Gasteiger partial charge in [0.2, 0.25) is 0 Å². The lowest BCUT2D eigenvalue weighted by molar-refractivity contribution is 0.295. The molecule has 112 valence electrons. The zero-order chi connectivity index (χ0) is 15.3. The molecular formula is C16H20BrN3O. The van der Waals surface area contributed by atoms with Crippen LogP contribution in [0.3, 0.4) is 0 Å². The van der Waals surface area contributed by atoms with E-state index in [0.717, 1.165) is 22.3 Å². The summed E-state index contributed by atoms with van der Waals surface area (Å²) in [6, 6.07) is 7.76. The molecule has 0 saturated carbocycles. The highest BCUT2D eigenvalue weighted by Gasteiger charge is 2.10. The number of nitrogens with one attached hydrogen (secondary N) is 1. The molecule has 4 nitrogen and oxygen atoms in total. The van der Waals surface area contributed by atoms with Crippen LogP contribution in [0, 0.1) is 0 Å². The number of hydrogen-bond acceptors (Lipinski definition) is 4. The summed E-state index contributed by atoms with van der Waals surface area (Å²) in [4.78, 5) is 8.29. The zero-order valence-corrected chi connectivity index (χ0v) is 14.1. The van der Waals surface area contributed by atoms with Crippen LogP contribution in [-0.4, -0.2) is 15.5 Å². The van der Waals surface area contributed by atoms with Crippen molar-refractivity contribution in [2.75, 3.05) is 0 Å². The molecule has 0 bridgehead atoms. The maximum atomic E-state index is 5.75. The van der Waals surface area contributed by atoms with E-state index in [1.165, 1.54) is 0 Å². The SMILES string of the molecule is CC(C)(C)NCc1cc(OCc2ncccn2)ccc1Br. The Kier molecular flexibility index (Phi) is 5.31. The van der Waals surface area contributed by atoms with Gasteiger partial charge in [0.05, 0.1) is 0 Å². The first kappa shape index (κ1) is 15.9. The summed E-state index contributed by atoms with van der Waals surface area (Å²) in [6.07, 6.45) is 3.43. The molecule has 0 atom stereocenters. The highest BCUT2D eigenvalue weighted by molar-refractivity contribution is 9.10. The third kappa shape index (κ3) is 5.44. The van der Waals surface area contributed by atoms with Crippen molar-refractivity contribution in [2.45, 2.75) is 39.5 Å². The summed E-state index contributed by atoms with van der Waals surface area (Å²) < 4.78 is 6.82. The van der Waals surface area contributed by atoms with Crippen molar-refractivity contribution in [3.8, 4) is 5.75 Å². The largest absolute Gasteiger partial charge is 0.486 e. The molecule has 0 amide bonds. The molecule has 0 aliphatic rings. The van der Waals surface area contributed by atoms with Crippen molar-refractivity contribution in [3.05, 3.63) is 52.5 Å². The third-order valence-electron chi connectivity index (χ3n) is 2.81. The standard InChI is InChI=1S/C16H20BrN3O/c1-16(2,3)20-10-12-9-13(5-6-14(12)17)21-11-15-18-7-4-8-19-15/h4-9,20H,10-11H2,1-3H3. The van der Waals surface area contributed by atoms with Gasteiger partial charge in [-0.25, -0.2) is 9.97 Å². The van der Waals surface area contributed by atoms with E-state index < -0.39 is 0 Å². The van der Waals surface area contributed by atoms with Gasteiger partial charge in [-0.2, -0.15) is 0 Å². The Balaban J connectivity index is 2.01. The normalized spacial score (nSPS) is 11.4. The molecule has 0 unspecified atom stereocenters. The predicted molar refractivity (Wildman–Crippen MR) is 87.1 cm³/mol. The Hall–Kier alpha value is -1.46. The molecular weight excluding hydrogens is 330 g/mol. The molecule has 1 heterocycles. The minimum absolute atomic E-state index is 0.0776. The van der Waals surface area contributed by atoms with Gasteiger partial charge in [0.1, 0.15) is 12.4 Å². The molecule has 0 aliphatic heterocycles. The van der Waals surface area contributed by atoms with E-state index in [9.17, 15) is 0 Å². The summed E-state index contributed by atoms with van der Waals surface area (Å²) in [6.45, 7) is 7.59. The minimum Gasteiger partial charge on any atom is -0.486 e. The van der Waals surface area contributed by atoms with Crippen molar-refractivity contribution < 1.29 is 4.74 Å². The number of halogens is 1. The first-order chi connectivity index (χ1) is 9.94. The second-order valence-corrected chi connectivity index (χ2v) is 6.66. The van der Waals surface area contributed by atoms with Crippen LogP contribution < -0.4 is 10.1 Å². The maximum Gasteiger partial charge on any atom is 0.166 e. The molecule has 0 spiro atoms. The summed E-state index contributed by atoms with van der Waals surface area (Å²) in [5, 5.41) is 3.47. The van der Waals surface area contributed by atoms with Crippen LogP contribution in [0.25, 0.3) is 0 Å². The zero-order valence-electron chi connectivity index (χ0n) is 12.6. The molecule has 0 radical (unpaired) electrons. The van der Waals surface area contributed by atoms with E-state index in [1.807, 2.05) is 18.2 Å². The average Bonchev–Trinajstić information content (AvgIpc) is 2.45. The second-order valence-electron chi connectivity index (χ2n) is 5.81. The highest BCUT2D eigenvalue weighted by Crippen LogP contribution is 2.23. The predicted octanol–water partition coefficient (Wildman–Crippen LogP) is 3.71. The van der Waals surface area contributed by atoms with Gasteiger partial charge in [0, 0.05) is 29.0 Å². The van der Waals surface area contributed by atoms with Gasteiger partial charge < -0.3 is 10.1 Å². The first-order valence-corrected chi connectivity index (χ1v) is 7.65. The minimum atomic E-state index is 0.0776. The Labute approximate surface area is 134 Å². The smallest absolute Gasteiger partial charge is 0.166 e. The van der Waals surface area contributed by atoms with Crippen molar-refractivity contribution in [3.63, 3.8) is 0 Å². The fourth-order valence-corrected chi connectivity index (χ4v) is 2.08. The molecule has 0 fully saturated rings. The first-order valence-electron chi connectivity index (χ1n) is 6.86. The Morgan fingerprint density at radius 3 is 2.57 bits per heavy atom. The van der Waals surface area contributed by atoms with Gasteiger partial charge in [-0.05, 0) is 50.6 Å². The Morgan fingerprint density at radius 1 is 1.19 bits per heavy atom. The van der Waals surface area contributed by atoms with Crippen LogP contribution in [0.5, 0.6) is 5.75 Å². The van der Waals surface area contributed by atoms with Crippen LogP contribution in [-0.2, 0) is 13.2 Å². The molecule has 1 aromatic heterocycles. The van der Waals surface area contributed by atoms with Gasteiger partial charge in [-0.15, -0.1) is 0 Å². The molecule has 21 heavy (non-hydrogen) atoms. The van der Waals surface area contributed by atoms with Crippen LogP contribution in [0.4, 0.5) is 0 Å². The van der Waals surface area contributed by atoms with E-state index in [2.05, 4.69) is 52.0 Å².